The van der Waals surface area contributed by atoms with Crippen molar-refractivity contribution in [2.45, 2.75) is 32.4 Å². The molecular formula is C24H26N4O3. The van der Waals surface area contributed by atoms with Crippen molar-refractivity contribution in [1.29, 1.82) is 0 Å². The number of carbonyl (C=O) groups is 2. The van der Waals surface area contributed by atoms with Crippen LogP contribution in [0.5, 0.6) is 0 Å². The van der Waals surface area contributed by atoms with Gasteiger partial charge in [0, 0.05) is 45.1 Å². The number of carbonyl (C=O) groups excluding carboxylic acids is 2. The van der Waals surface area contributed by atoms with Crippen molar-refractivity contribution >= 4 is 17.5 Å². The molecule has 7 nitrogen and oxygen atoms in total. The second-order valence-electron chi connectivity index (χ2n) is 7.75. The summed E-state index contributed by atoms with van der Waals surface area (Å²) in [4.78, 5) is 30.3. The van der Waals surface area contributed by atoms with Gasteiger partial charge in [0.15, 0.2) is 0 Å². The number of nitrogens with one attached hydrogen (secondary N) is 1. The third kappa shape index (κ3) is 4.83. The van der Waals surface area contributed by atoms with E-state index in [1.54, 1.807) is 4.90 Å². The van der Waals surface area contributed by atoms with Gasteiger partial charge in [0.05, 0.1) is 11.9 Å². The topological polar surface area (TPSA) is 87.5 Å². The molecule has 160 valence electrons. The van der Waals surface area contributed by atoms with Crippen LogP contribution in [0.15, 0.2) is 60.8 Å². The average molecular weight is 418 g/mol. The molecule has 1 aromatic heterocycles. The zero-order valence-corrected chi connectivity index (χ0v) is 17.5. The van der Waals surface area contributed by atoms with Crippen LogP contribution in [-0.4, -0.2) is 50.6 Å². The zero-order chi connectivity index (χ0) is 21.8. The summed E-state index contributed by atoms with van der Waals surface area (Å²) < 4.78 is 2.13. The molecule has 1 atom stereocenters. The quantitative estimate of drug-likeness (QED) is 0.667. The molecule has 1 aliphatic rings. The van der Waals surface area contributed by atoms with E-state index in [9.17, 15) is 14.7 Å². The Morgan fingerprint density at radius 3 is 2.52 bits per heavy atom. The second-order valence-corrected chi connectivity index (χ2v) is 7.75. The van der Waals surface area contributed by atoms with Crippen molar-refractivity contribution in [1.82, 2.24) is 14.5 Å². The maximum Gasteiger partial charge on any atom is 0.251 e. The van der Waals surface area contributed by atoms with E-state index in [4.69, 9.17) is 0 Å². The zero-order valence-electron chi connectivity index (χ0n) is 17.5. The van der Waals surface area contributed by atoms with Crippen molar-refractivity contribution < 1.29 is 14.7 Å². The summed E-state index contributed by atoms with van der Waals surface area (Å²) in [5.74, 6) is 0.579. The SMILES string of the molecule is CC(=O)Nc1ccc(-c2cnc3n2CCN(C(=O)[C@H](O)Cc2ccccc2)CC3)cc1. The van der Waals surface area contributed by atoms with Crippen LogP contribution in [0.4, 0.5) is 5.69 Å². The lowest BCUT2D eigenvalue weighted by Crippen LogP contribution is -2.41. The molecule has 2 aromatic carbocycles. The van der Waals surface area contributed by atoms with Gasteiger partial charge in [-0.05, 0) is 23.3 Å². The number of aromatic nitrogens is 2. The lowest BCUT2D eigenvalue weighted by molar-refractivity contribution is -0.140. The van der Waals surface area contributed by atoms with Crippen LogP contribution in [0.25, 0.3) is 11.3 Å². The molecule has 0 saturated heterocycles. The highest BCUT2D eigenvalue weighted by atomic mass is 16.3. The molecule has 2 N–H and O–H groups in total. The average Bonchev–Trinajstić information content (AvgIpc) is 3.05. The highest BCUT2D eigenvalue weighted by Gasteiger charge is 2.26. The normalized spacial score (nSPS) is 14.5. The van der Waals surface area contributed by atoms with Crippen LogP contribution in [0.2, 0.25) is 0 Å². The molecule has 0 unspecified atom stereocenters. The highest BCUT2D eigenvalue weighted by Crippen LogP contribution is 2.24. The molecule has 2 heterocycles. The third-order valence-electron chi connectivity index (χ3n) is 5.51. The number of fused-ring (bicyclic) bond motifs is 1. The number of anilines is 1. The molecule has 31 heavy (non-hydrogen) atoms. The van der Waals surface area contributed by atoms with Crippen LogP contribution in [-0.2, 0) is 29.0 Å². The minimum absolute atomic E-state index is 0.106. The first-order valence-electron chi connectivity index (χ1n) is 10.4. The van der Waals surface area contributed by atoms with Gasteiger partial charge in [-0.3, -0.25) is 9.59 Å². The van der Waals surface area contributed by atoms with Gasteiger partial charge in [-0.2, -0.15) is 0 Å². The number of nitrogens with zero attached hydrogens (tertiary/aromatic N) is 3. The Kier molecular flexibility index (Phi) is 6.13. The van der Waals surface area contributed by atoms with Gasteiger partial charge < -0.3 is 19.9 Å². The molecule has 4 rings (SSSR count). The van der Waals surface area contributed by atoms with E-state index in [1.165, 1.54) is 6.92 Å². The summed E-state index contributed by atoms with van der Waals surface area (Å²) in [6.07, 6.45) is 1.75. The largest absolute Gasteiger partial charge is 0.383 e. The van der Waals surface area contributed by atoms with Gasteiger partial charge in [0.25, 0.3) is 5.91 Å². The minimum Gasteiger partial charge on any atom is -0.383 e. The predicted molar refractivity (Wildman–Crippen MR) is 118 cm³/mol. The van der Waals surface area contributed by atoms with Crippen LogP contribution < -0.4 is 5.32 Å². The summed E-state index contributed by atoms with van der Waals surface area (Å²) in [6.45, 7) is 3.14. The Balaban J connectivity index is 1.44. The first-order chi connectivity index (χ1) is 15.0. The first kappa shape index (κ1) is 20.8. The number of aliphatic hydroxyl groups excluding tert-OH is 1. The van der Waals surface area contributed by atoms with Crippen LogP contribution in [0, 0.1) is 0 Å². The number of rotatable bonds is 5. The highest BCUT2D eigenvalue weighted by molar-refractivity contribution is 5.88. The minimum atomic E-state index is -1.05. The maximum atomic E-state index is 12.8. The van der Waals surface area contributed by atoms with Gasteiger partial charge >= 0.3 is 0 Å². The van der Waals surface area contributed by atoms with Crippen LogP contribution in [0.3, 0.4) is 0 Å². The van der Waals surface area contributed by atoms with E-state index >= 15 is 0 Å². The summed E-state index contributed by atoms with van der Waals surface area (Å²) >= 11 is 0. The smallest absolute Gasteiger partial charge is 0.251 e. The van der Waals surface area contributed by atoms with Crippen molar-refractivity contribution in [3.05, 3.63) is 72.2 Å². The van der Waals surface area contributed by atoms with E-state index in [0.717, 1.165) is 28.3 Å². The summed E-state index contributed by atoms with van der Waals surface area (Å²) in [6, 6.07) is 17.2. The molecular weight excluding hydrogens is 392 g/mol. The fraction of sp³-hybridized carbons (Fsp3) is 0.292. The first-order valence-corrected chi connectivity index (χ1v) is 10.4. The molecule has 2 amide bonds. The lowest BCUT2D eigenvalue weighted by atomic mass is 10.1. The number of amides is 2. The van der Waals surface area contributed by atoms with Crippen molar-refractivity contribution in [2.75, 3.05) is 18.4 Å². The van der Waals surface area contributed by atoms with Gasteiger partial charge in [-0.15, -0.1) is 0 Å². The predicted octanol–water partition coefficient (Wildman–Crippen LogP) is 2.50. The van der Waals surface area contributed by atoms with Crippen LogP contribution >= 0.6 is 0 Å². The number of aliphatic hydroxyl groups is 1. The molecule has 7 heteroatoms. The Labute approximate surface area is 181 Å². The molecule has 0 spiro atoms. The van der Waals surface area contributed by atoms with E-state index in [1.807, 2.05) is 60.8 Å². The standard InChI is InChI=1S/C24H26N4O3/c1-17(29)26-20-9-7-19(8-10-20)21-16-25-23-11-12-27(13-14-28(21)23)24(31)22(30)15-18-5-3-2-4-6-18/h2-10,16,22,30H,11-15H2,1H3,(H,26,29)/t22-/m1/s1. The molecule has 3 aromatic rings. The maximum absolute atomic E-state index is 12.8. The molecule has 0 bridgehead atoms. The fourth-order valence-electron chi connectivity index (χ4n) is 3.94. The van der Waals surface area contributed by atoms with Gasteiger partial charge in [0.1, 0.15) is 11.9 Å². The molecule has 0 aliphatic carbocycles. The van der Waals surface area contributed by atoms with Gasteiger partial charge in [0.2, 0.25) is 5.91 Å². The second kappa shape index (κ2) is 9.14. The Morgan fingerprint density at radius 2 is 1.81 bits per heavy atom. The van der Waals surface area contributed by atoms with Crippen molar-refractivity contribution in [2.24, 2.45) is 0 Å². The Hall–Kier alpha value is -3.45. The third-order valence-corrected chi connectivity index (χ3v) is 5.51. The van der Waals surface area contributed by atoms with E-state index in [-0.39, 0.29) is 11.8 Å². The number of benzene rings is 2. The van der Waals surface area contributed by atoms with Gasteiger partial charge in [-0.1, -0.05) is 42.5 Å². The molecule has 0 fully saturated rings. The number of imidazole rings is 1. The number of hydrogen-bond donors (Lipinski definition) is 2. The van der Waals surface area contributed by atoms with Crippen molar-refractivity contribution in [3.63, 3.8) is 0 Å². The van der Waals surface area contributed by atoms with Crippen LogP contribution in [0.1, 0.15) is 18.3 Å². The van der Waals surface area contributed by atoms with E-state index < -0.39 is 6.10 Å². The lowest BCUT2D eigenvalue weighted by Gasteiger charge is -2.23. The summed E-state index contributed by atoms with van der Waals surface area (Å²) in [5, 5.41) is 13.2. The monoisotopic (exact) mass is 418 g/mol. The van der Waals surface area contributed by atoms with E-state index in [0.29, 0.717) is 32.5 Å². The Bertz CT molecular complexity index is 1060. The fourth-order valence-corrected chi connectivity index (χ4v) is 3.94. The Morgan fingerprint density at radius 1 is 1.06 bits per heavy atom. The molecule has 1 aliphatic heterocycles. The molecule has 0 saturated carbocycles. The number of hydrogen-bond acceptors (Lipinski definition) is 4. The summed E-state index contributed by atoms with van der Waals surface area (Å²) in [5.41, 5.74) is 3.66. The molecule has 0 radical (unpaired) electrons. The van der Waals surface area contributed by atoms with Crippen molar-refractivity contribution in [3.8, 4) is 11.3 Å². The van der Waals surface area contributed by atoms with E-state index in [2.05, 4.69) is 14.9 Å². The van der Waals surface area contributed by atoms with Gasteiger partial charge in [-0.25, -0.2) is 4.98 Å². The summed E-state index contributed by atoms with van der Waals surface area (Å²) in [7, 11) is 0.